The number of halogens is 2. The lowest BCUT2D eigenvalue weighted by molar-refractivity contribution is 0.482. The van der Waals surface area contributed by atoms with Gasteiger partial charge in [-0.1, -0.05) is 42.5 Å². The molecule has 4 rings (SSSR count). The van der Waals surface area contributed by atoms with Crippen LogP contribution in [-0.2, 0) is 6.42 Å². The van der Waals surface area contributed by atoms with Crippen molar-refractivity contribution < 1.29 is 13.5 Å². The predicted octanol–water partition coefficient (Wildman–Crippen LogP) is 7.21. The molecule has 0 bridgehead atoms. The first kappa shape index (κ1) is 18.4. The highest BCUT2D eigenvalue weighted by Crippen LogP contribution is 2.47. The number of ether oxygens (including phenoxy) is 1. The van der Waals surface area contributed by atoms with E-state index in [1.807, 2.05) is 54.6 Å². The Labute approximate surface area is 164 Å². The summed E-state index contributed by atoms with van der Waals surface area (Å²) in [6.07, 6.45) is 4.17. The van der Waals surface area contributed by atoms with Crippen LogP contribution in [0, 0.1) is 11.7 Å². The van der Waals surface area contributed by atoms with Gasteiger partial charge in [0, 0.05) is 5.92 Å². The van der Waals surface area contributed by atoms with Gasteiger partial charge in [0.25, 0.3) is 0 Å². The van der Waals surface area contributed by atoms with Gasteiger partial charge in [-0.15, -0.1) is 0 Å². The van der Waals surface area contributed by atoms with Crippen molar-refractivity contribution in [3.05, 3.63) is 108 Å². The van der Waals surface area contributed by atoms with Crippen LogP contribution in [0.2, 0.25) is 0 Å². The predicted molar refractivity (Wildman–Crippen MR) is 108 cm³/mol. The van der Waals surface area contributed by atoms with Crippen molar-refractivity contribution in [3.63, 3.8) is 0 Å². The van der Waals surface area contributed by atoms with E-state index in [4.69, 9.17) is 4.74 Å². The number of allylic oxidation sites excluding steroid dienone is 2. The molecule has 1 nitrogen and oxygen atoms in total. The number of rotatable bonds is 7. The first-order valence-electron chi connectivity index (χ1n) is 9.62. The summed E-state index contributed by atoms with van der Waals surface area (Å²) in [6.45, 7) is 0. The Hall–Kier alpha value is -2.94. The quantitative estimate of drug-likeness (QED) is 0.423. The van der Waals surface area contributed by atoms with Crippen LogP contribution in [0.1, 0.15) is 29.9 Å². The van der Waals surface area contributed by atoms with E-state index in [0.29, 0.717) is 12.3 Å². The largest absolute Gasteiger partial charge is 0.457 e. The van der Waals surface area contributed by atoms with Gasteiger partial charge in [-0.05, 0) is 78.8 Å². The van der Waals surface area contributed by atoms with E-state index in [9.17, 15) is 4.39 Å². The molecule has 0 heterocycles. The van der Waals surface area contributed by atoms with Crippen LogP contribution in [0.5, 0.6) is 11.5 Å². The number of hydrogen-bond donors (Lipinski definition) is 0. The monoisotopic (exact) mass is 376 g/mol. The molecule has 142 valence electrons. The highest BCUT2D eigenvalue weighted by Gasteiger charge is 2.35. The van der Waals surface area contributed by atoms with E-state index in [1.54, 1.807) is 18.2 Å². The van der Waals surface area contributed by atoms with Gasteiger partial charge in [-0.25, -0.2) is 8.78 Å². The number of hydrogen-bond acceptors (Lipinski definition) is 1. The molecule has 1 fully saturated rings. The minimum Gasteiger partial charge on any atom is -0.457 e. The Bertz CT molecular complexity index is 944. The number of benzene rings is 3. The zero-order valence-electron chi connectivity index (χ0n) is 15.5. The number of para-hydroxylation sites is 1. The molecule has 1 aliphatic rings. The lowest BCUT2D eigenvalue weighted by Crippen LogP contribution is -2.03. The van der Waals surface area contributed by atoms with Crippen molar-refractivity contribution in [3.8, 4) is 11.5 Å². The zero-order valence-corrected chi connectivity index (χ0v) is 15.5. The molecule has 0 aromatic heterocycles. The van der Waals surface area contributed by atoms with Crippen molar-refractivity contribution in [2.45, 2.75) is 25.2 Å². The molecular weight excluding hydrogens is 354 g/mol. The summed E-state index contributed by atoms with van der Waals surface area (Å²) in [5.74, 6) is 1.11. The average Bonchev–Trinajstić information content (AvgIpc) is 3.54. The molecule has 3 aromatic rings. The Morgan fingerprint density at radius 1 is 0.929 bits per heavy atom. The molecule has 1 saturated carbocycles. The fourth-order valence-electron chi connectivity index (χ4n) is 3.46. The third-order valence-electron chi connectivity index (χ3n) is 5.03. The lowest BCUT2D eigenvalue weighted by atomic mass is 9.92. The van der Waals surface area contributed by atoms with E-state index in [2.05, 4.69) is 0 Å². The molecule has 1 aliphatic carbocycles. The smallest absolute Gasteiger partial charge is 0.127 e. The molecule has 1 atom stereocenters. The molecule has 0 aliphatic heterocycles. The molecule has 1 unspecified atom stereocenters. The topological polar surface area (TPSA) is 9.23 Å². The molecule has 28 heavy (non-hydrogen) atoms. The summed E-state index contributed by atoms with van der Waals surface area (Å²) < 4.78 is 34.1. The van der Waals surface area contributed by atoms with Crippen molar-refractivity contribution in [2.75, 3.05) is 0 Å². The second kappa shape index (κ2) is 8.39. The van der Waals surface area contributed by atoms with Crippen molar-refractivity contribution in [1.29, 1.82) is 0 Å². The zero-order chi connectivity index (χ0) is 19.3. The van der Waals surface area contributed by atoms with Gasteiger partial charge in [0.15, 0.2) is 0 Å². The molecule has 0 spiro atoms. The van der Waals surface area contributed by atoms with Gasteiger partial charge in [-0.3, -0.25) is 0 Å². The van der Waals surface area contributed by atoms with Gasteiger partial charge in [-0.2, -0.15) is 0 Å². The van der Waals surface area contributed by atoms with E-state index in [1.165, 1.54) is 12.1 Å². The average molecular weight is 376 g/mol. The second-order valence-electron chi connectivity index (χ2n) is 7.22. The van der Waals surface area contributed by atoms with Crippen molar-refractivity contribution in [1.82, 2.24) is 0 Å². The Kier molecular flexibility index (Phi) is 5.52. The van der Waals surface area contributed by atoms with Crippen LogP contribution in [0.3, 0.4) is 0 Å². The molecule has 3 heteroatoms. The van der Waals surface area contributed by atoms with Gasteiger partial charge < -0.3 is 4.74 Å². The Morgan fingerprint density at radius 2 is 1.64 bits per heavy atom. The van der Waals surface area contributed by atoms with Crippen LogP contribution < -0.4 is 4.74 Å². The molecule has 0 saturated heterocycles. The van der Waals surface area contributed by atoms with Gasteiger partial charge in [0.2, 0.25) is 0 Å². The molecule has 0 amide bonds. The summed E-state index contributed by atoms with van der Waals surface area (Å²) in [7, 11) is 0. The first-order chi connectivity index (χ1) is 13.7. The van der Waals surface area contributed by atoms with Gasteiger partial charge >= 0.3 is 0 Å². The van der Waals surface area contributed by atoms with Crippen molar-refractivity contribution in [2.24, 2.45) is 5.92 Å². The molecular formula is C25H22F2O. The maximum atomic E-state index is 15.0. The summed E-state index contributed by atoms with van der Waals surface area (Å²) >= 11 is 0. The van der Waals surface area contributed by atoms with Crippen LogP contribution in [0.25, 0.3) is 0 Å². The minimum absolute atomic E-state index is 0.136. The minimum atomic E-state index is -0.294. The maximum absolute atomic E-state index is 15.0. The third-order valence-corrected chi connectivity index (χ3v) is 5.03. The van der Waals surface area contributed by atoms with Gasteiger partial charge in [0.1, 0.15) is 23.1 Å². The fraction of sp³-hybridized carbons (Fsp3) is 0.200. The summed E-state index contributed by atoms with van der Waals surface area (Å²) in [5.41, 5.74) is 1.83. The van der Waals surface area contributed by atoms with E-state index in [-0.39, 0.29) is 17.6 Å². The normalized spacial score (nSPS) is 15.3. The van der Waals surface area contributed by atoms with Crippen LogP contribution in [0.4, 0.5) is 8.78 Å². The second-order valence-corrected chi connectivity index (χ2v) is 7.22. The fourth-order valence-corrected chi connectivity index (χ4v) is 3.46. The summed E-state index contributed by atoms with van der Waals surface area (Å²) in [4.78, 5) is 0. The van der Waals surface area contributed by atoms with Crippen LogP contribution in [0.15, 0.2) is 90.8 Å². The van der Waals surface area contributed by atoms with E-state index >= 15 is 4.39 Å². The maximum Gasteiger partial charge on any atom is 0.127 e. The highest BCUT2D eigenvalue weighted by molar-refractivity contribution is 5.35. The van der Waals surface area contributed by atoms with E-state index < -0.39 is 0 Å². The first-order valence-corrected chi connectivity index (χ1v) is 9.62. The molecule has 3 aromatic carbocycles. The molecule has 0 N–H and O–H groups in total. The van der Waals surface area contributed by atoms with E-state index in [0.717, 1.165) is 35.5 Å². The summed E-state index contributed by atoms with van der Waals surface area (Å²) in [6, 6.07) is 23.5. The highest BCUT2D eigenvalue weighted by atomic mass is 19.1. The van der Waals surface area contributed by atoms with Crippen LogP contribution >= 0.6 is 0 Å². The lowest BCUT2D eigenvalue weighted by Gasteiger charge is -2.15. The third kappa shape index (κ3) is 4.66. The van der Waals surface area contributed by atoms with Crippen molar-refractivity contribution >= 4 is 0 Å². The van der Waals surface area contributed by atoms with Crippen LogP contribution in [-0.4, -0.2) is 0 Å². The Morgan fingerprint density at radius 3 is 2.36 bits per heavy atom. The molecule has 0 radical (unpaired) electrons. The standard InChI is InChI=1S/C25H22F2O/c26-21-14-12-20(13-15-21)25(19-10-11-19)24(27)16-9-18-5-4-8-23(17-18)28-22-6-2-1-3-7-22/h1-8,12-17,19,25H,9-11H2/b24-16-. The summed E-state index contributed by atoms with van der Waals surface area (Å²) in [5, 5.41) is 0. The van der Waals surface area contributed by atoms with Gasteiger partial charge in [0.05, 0.1) is 0 Å². The SMILES string of the molecule is F/C(=C\Cc1cccc(Oc2ccccc2)c1)C(c1ccc(F)cc1)C1CC1. The Balaban J connectivity index is 1.48.